The third-order valence-corrected chi connectivity index (χ3v) is 7.71. The molecule has 9 nitrogen and oxygen atoms in total. The fourth-order valence-corrected chi connectivity index (χ4v) is 5.85. The number of benzene rings is 1. The maximum atomic E-state index is 12.9. The van der Waals surface area contributed by atoms with Crippen molar-refractivity contribution in [2.45, 2.75) is 69.3 Å². The van der Waals surface area contributed by atoms with Crippen LogP contribution in [0.3, 0.4) is 0 Å². The van der Waals surface area contributed by atoms with E-state index in [1.807, 2.05) is 41.3 Å². The number of piperidine rings is 1. The first-order valence-electron chi connectivity index (χ1n) is 12.2. The monoisotopic (exact) mass is 463 g/mol. The zero-order valence-corrected chi connectivity index (χ0v) is 19.1. The van der Waals surface area contributed by atoms with Crippen LogP contribution < -0.4 is 10.1 Å². The van der Waals surface area contributed by atoms with Gasteiger partial charge in [0.15, 0.2) is 0 Å². The zero-order valence-electron chi connectivity index (χ0n) is 19.1. The van der Waals surface area contributed by atoms with E-state index in [1.54, 1.807) is 4.90 Å². The van der Waals surface area contributed by atoms with Gasteiger partial charge in [-0.2, -0.15) is 5.10 Å². The second kappa shape index (κ2) is 8.54. The molecule has 3 atom stereocenters. The fraction of sp³-hybridized carbons (Fsp3) is 0.520. The van der Waals surface area contributed by atoms with E-state index in [0.29, 0.717) is 30.6 Å². The Hall–Kier alpha value is -3.20. The molecule has 0 bridgehead atoms. The average molecular weight is 464 g/mol. The molecular weight excluding hydrogens is 434 g/mol. The lowest BCUT2D eigenvalue weighted by Gasteiger charge is -2.48. The number of rotatable bonds is 5. The Morgan fingerprint density at radius 3 is 2.71 bits per heavy atom. The maximum Gasteiger partial charge on any atom is 0.255 e. The summed E-state index contributed by atoms with van der Waals surface area (Å²) in [6.07, 6.45) is 9.12. The number of hydrogen-bond donors (Lipinski definition) is 1. The van der Waals surface area contributed by atoms with Crippen molar-refractivity contribution in [2.75, 3.05) is 13.1 Å². The molecule has 1 aromatic carbocycles. The number of aromatic nitrogens is 2. The van der Waals surface area contributed by atoms with Gasteiger partial charge < -0.3 is 9.64 Å². The predicted molar refractivity (Wildman–Crippen MR) is 122 cm³/mol. The SMILES string of the molecule is O=C1CCC(N2Cc3cc(O[C@H]4CCCC[C@@H]4N4CC(n5cccn5)C4)ccc3C2=O)C(=O)N1. The van der Waals surface area contributed by atoms with Gasteiger partial charge in [0.05, 0.1) is 6.04 Å². The zero-order chi connectivity index (χ0) is 23.2. The van der Waals surface area contributed by atoms with E-state index < -0.39 is 6.04 Å². The summed E-state index contributed by atoms with van der Waals surface area (Å²) < 4.78 is 8.55. The molecule has 3 fully saturated rings. The van der Waals surface area contributed by atoms with E-state index >= 15 is 0 Å². The lowest BCUT2D eigenvalue weighted by molar-refractivity contribution is -0.136. The quantitative estimate of drug-likeness (QED) is 0.681. The number of likely N-dealkylation sites (tertiary alicyclic amines) is 1. The minimum Gasteiger partial charge on any atom is -0.489 e. The first kappa shape index (κ1) is 21.3. The number of imide groups is 1. The van der Waals surface area contributed by atoms with Gasteiger partial charge in [0.1, 0.15) is 17.9 Å². The molecule has 2 aromatic rings. The molecule has 1 aliphatic carbocycles. The van der Waals surface area contributed by atoms with Gasteiger partial charge >= 0.3 is 0 Å². The van der Waals surface area contributed by atoms with Gasteiger partial charge in [0.25, 0.3) is 5.91 Å². The van der Waals surface area contributed by atoms with Crippen LogP contribution in [0.1, 0.15) is 60.5 Å². The summed E-state index contributed by atoms with van der Waals surface area (Å²) >= 11 is 0. The Morgan fingerprint density at radius 2 is 1.91 bits per heavy atom. The van der Waals surface area contributed by atoms with Crippen LogP contribution in [0, 0.1) is 0 Å². The van der Waals surface area contributed by atoms with E-state index in [9.17, 15) is 14.4 Å². The predicted octanol–water partition coefficient (Wildman–Crippen LogP) is 1.89. The second-order valence-corrected chi connectivity index (χ2v) is 9.82. The molecule has 0 spiro atoms. The molecule has 34 heavy (non-hydrogen) atoms. The van der Waals surface area contributed by atoms with Gasteiger partial charge in [-0.3, -0.25) is 29.3 Å². The number of nitrogens with zero attached hydrogens (tertiary/aromatic N) is 4. The highest BCUT2D eigenvalue weighted by molar-refractivity contribution is 6.05. The van der Waals surface area contributed by atoms with Gasteiger partial charge in [0, 0.05) is 50.1 Å². The lowest BCUT2D eigenvalue weighted by atomic mass is 9.88. The lowest BCUT2D eigenvalue weighted by Crippen LogP contribution is -2.58. The molecule has 2 saturated heterocycles. The summed E-state index contributed by atoms with van der Waals surface area (Å²) in [6.45, 7) is 2.35. The van der Waals surface area contributed by atoms with Crippen LogP contribution in [0.25, 0.3) is 0 Å². The second-order valence-electron chi connectivity index (χ2n) is 9.82. The molecule has 4 heterocycles. The number of carbonyl (C=O) groups is 3. The number of carbonyl (C=O) groups excluding carboxylic acids is 3. The minimum absolute atomic E-state index is 0.119. The summed E-state index contributed by atoms with van der Waals surface area (Å²) in [7, 11) is 0. The highest BCUT2D eigenvalue weighted by Gasteiger charge is 2.41. The molecule has 0 radical (unpaired) electrons. The Kier molecular flexibility index (Phi) is 5.36. The molecule has 3 aliphatic heterocycles. The largest absolute Gasteiger partial charge is 0.489 e. The summed E-state index contributed by atoms with van der Waals surface area (Å²) in [6, 6.07) is 7.83. The summed E-state index contributed by atoms with van der Waals surface area (Å²) in [5.41, 5.74) is 1.49. The van der Waals surface area contributed by atoms with E-state index in [4.69, 9.17) is 4.74 Å². The molecule has 9 heteroatoms. The average Bonchev–Trinajstić information content (AvgIpc) is 3.42. The standard InChI is InChI=1S/C25H29N5O4/c31-23-9-8-21(24(32)27-23)29-13-16-12-18(6-7-19(16)25(29)33)34-22-5-2-1-4-20(22)28-14-17(15-28)30-11-3-10-26-30/h3,6-7,10-12,17,20-22H,1-2,4-5,8-9,13-15H2,(H,27,31,32)/t20-,21?,22-/m0/s1. The molecule has 6 rings (SSSR count). The first-order chi connectivity index (χ1) is 16.6. The van der Waals surface area contributed by atoms with Crippen LogP contribution in [0.4, 0.5) is 0 Å². The van der Waals surface area contributed by atoms with Crippen molar-refractivity contribution in [3.05, 3.63) is 47.8 Å². The Morgan fingerprint density at radius 1 is 1.06 bits per heavy atom. The fourth-order valence-electron chi connectivity index (χ4n) is 5.85. The summed E-state index contributed by atoms with van der Waals surface area (Å²) in [5, 5.41) is 6.73. The number of nitrogens with one attached hydrogen (secondary N) is 1. The Labute approximate surface area is 198 Å². The molecule has 1 unspecified atom stereocenters. The van der Waals surface area contributed by atoms with Crippen LogP contribution in [-0.4, -0.2) is 68.6 Å². The topological polar surface area (TPSA) is 96.8 Å². The van der Waals surface area contributed by atoms with Crippen molar-refractivity contribution in [1.29, 1.82) is 0 Å². The van der Waals surface area contributed by atoms with E-state index in [-0.39, 0.29) is 30.2 Å². The van der Waals surface area contributed by atoms with Crippen molar-refractivity contribution in [1.82, 2.24) is 24.9 Å². The van der Waals surface area contributed by atoms with E-state index in [0.717, 1.165) is 43.7 Å². The minimum atomic E-state index is -0.598. The van der Waals surface area contributed by atoms with Gasteiger partial charge in [-0.25, -0.2) is 0 Å². The first-order valence-corrected chi connectivity index (χ1v) is 12.2. The van der Waals surface area contributed by atoms with Crippen molar-refractivity contribution in [2.24, 2.45) is 0 Å². The van der Waals surface area contributed by atoms with Gasteiger partial charge in [0.2, 0.25) is 11.8 Å². The van der Waals surface area contributed by atoms with Crippen molar-refractivity contribution < 1.29 is 19.1 Å². The molecule has 1 saturated carbocycles. The van der Waals surface area contributed by atoms with Crippen LogP contribution in [0.2, 0.25) is 0 Å². The van der Waals surface area contributed by atoms with Crippen LogP contribution in [-0.2, 0) is 16.1 Å². The molecular formula is C25H29N5O4. The van der Waals surface area contributed by atoms with Gasteiger partial charge in [-0.1, -0.05) is 6.42 Å². The molecule has 1 N–H and O–H groups in total. The molecule has 4 aliphatic rings. The van der Waals surface area contributed by atoms with Crippen molar-refractivity contribution in [3.8, 4) is 5.75 Å². The highest BCUT2D eigenvalue weighted by atomic mass is 16.5. The van der Waals surface area contributed by atoms with Gasteiger partial charge in [-0.05, 0) is 55.5 Å². The molecule has 3 amide bonds. The van der Waals surface area contributed by atoms with Crippen LogP contribution >= 0.6 is 0 Å². The number of hydrogen-bond acceptors (Lipinski definition) is 6. The summed E-state index contributed by atoms with van der Waals surface area (Å²) in [4.78, 5) is 40.8. The van der Waals surface area contributed by atoms with Crippen molar-refractivity contribution >= 4 is 17.7 Å². The Bertz CT molecular complexity index is 1110. The third-order valence-electron chi connectivity index (χ3n) is 7.71. The van der Waals surface area contributed by atoms with Gasteiger partial charge in [-0.15, -0.1) is 0 Å². The Balaban J connectivity index is 1.13. The van der Waals surface area contributed by atoms with E-state index in [2.05, 4.69) is 15.3 Å². The smallest absolute Gasteiger partial charge is 0.255 e. The third kappa shape index (κ3) is 3.77. The molecule has 1 aromatic heterocycles. The summed E-state index contributed by atoms with van der Waals surface area (Å²) in [5.74, 6) is -0.0438. The normalized spacial score (nSPS) is 27.9. The number of ether oxygens (including phenoxy) is 1. The van der Waals surface area contributed by atoms with E-state index in [1.165, 1.54) is 6.42 Å². The van der Waals surface area contributed by atoms with Crippen LogP contribution in [0.15, 0.2) is 36.7 Å². The van der Waals surface area contributed by atoms with Crippen molar-refractivity contribution in [3.63, 3.8) is 0 Å². The molecule has 178 valence electrons. The van der Waals surface area contributed by atoms with Crippen LogP contribution in [0.5, 0.6) is 5.75 Å². The highest BCUT2D eigenvalue weighted by Crippen LogP contribution is 2.35. The maximum absolute atomic E-state index is 12.9. The number of fused-ring (bicyclic) bond motifs is 1. The number of amides is 3.